The van der Waals surface area contributed by atoms with Crippen molar-refractivity contribution in [1.82, 2.24) is 24.7 Å². The number of phenols is 2. The van der Waals surface area contributed by atoms with Crippen molar-refractivity contribution in [3.63, 3.8) is 0 Å². The number of nitriles is 1. The molecule has 8 rings (SSSR count). The third-order valence-electron chi connectivity index (χ3n) is 13.5. The summed E-state index contributed by atoms with van der Waals surface area (Å²) in [5.41, 5.74) is 5.17. The Balaban J connectivity index is 0.929. The van der Waals surface area contributed by atoms with E-state index < -0.39 is 0 Å². The van der Waals surface area contributed by atoms with Crippen LogP contribution in [0.1, 0.15) is 74.3 Å². The predicted molar refractivity (Wildman–Crippen MR) is 236 cm³/mol. The van der Waals surface area contributed by atoms with Crippen molar-refractivity contribution < 1.29 is 19.7 Å². The molecular weight excluding hydrogens is 776 g/mol. The standard InChI is InChI=1S/C47H57ClN8O4/c1-4-43(59)56-24-23-55(30-35(56)11-17-49)45-36-12-18-54(40-10-6-8-33-7-5-9-38(48)44(33)40)31-39(36)50-46(51-45)60-26-25-52-19-13-47(14-20-52)15-21-53(22-16-47)29-34-27-37(32(2)3)42(58)28-41(34)57/h4-10,27-28,32,35,57-58H,1,11-16,18-26,29-31H2,2-3H3. The summed E-state index contributed by atoms with van der Waals surface area (Å²) in [4.78, 5) is 34.1. The van der Waals surface area contributed by atoms with Gasteiger partial charge >= 0.3 is 6.01 Å². The number of rotatable bonds is 11. The maximum atomic E-state index is 12.7. The van der Waals surface area contributed by atoms with E-state index in [0.717, 1.165) is 121 Å². The van der Waals surface area contributed by atoms with E-state index in [-0.39, 0.29) is 35.8 Å². The van der Waals surface area contributed by atoms with Gasteiger partial charge in [-0.1, -0.05) is 56.3 Å². The first-order valence-corrected chi connectivity index (χ1v) is 21.9. The molecule has 0 radical (unpaired) electrons. The second kappa shape index (κ2) is 17.9. The average molecular weight is 833 g/mol. The molecule has 0 aliphatic carbocycles. The van der Waals surface area contributed by atoms with E-state index in [1.54, 1.807) is 4.90 Å². The van der Waals surface area contributed by atoms with Gasteiger partial charge in [-0.15, -0.1) is 0 Å². The molecule has 1 amide bonds. The van der Waals surface area contributed by atoms with Crippen LogP contribution >= 0.6 is 11.6 Å². The largest absolute Gasteiger partial charge is 0.508 e. The molecule has 3 saturated heterocycles. The number of halogens is 1. The Labute approximate surface area is 358 Å². The number of benzene rings is 3. The Kier molecular flexibility index (Phi) is 12.4. The highest BCUT2D eigenvalue weighted by Crippen LogP contribution is 2.43. The van der Waals surface area contributed by atoms with Gasteiger partial charge in [0.1, 0.15) is 23.9 Å². The highest BCUT2D eigenvalue weighted by Gasteiger charge is 2.38. The van der Waals surface area contributed by atoms with Gasteiger partial charge in [0.25, 0.3) is 0 Å². The highest BCUT2D eigenvalue weighted by molar-refractivity contribution is 6.36. The summed E-state index contributed by atoms with van der Waals surface area (Å²) < 4.78 is 6.43. The van der Waals surface area contributed by atoms with E-state index >= 15 is 0 Å². The lowest BCUT2D eigenvalue weighted by Gasteiger charge is -2.47. The summed E-state index contributed by atoms with van der Waals surface area (Å²) in [5, 5.41) is 33.4. The van der Waals surface area contributed by atoms with E-state index in [1.165, 1.54) is 12.1 Å². The van der Waals surface area contributed by atoms with Crippen LogP contribution in [0.15, 0.2) is 61.2 Å². The fourth-order valence-electron chi connectivity index (χ4n) is 9.87. The van der Waals surface area contributed by atoms with Gasteiger partial charge in [0, 0.05) is 67.5 Å². The Hall–Kier alpha value is -5.09. The first kappa shape index (κ1) is 41.6. The van der Waals surface area contributed by atoms with Gasteiger partial charge in [-0.3, -0.25) is 14.6 Å². The fourth-order valence-corrected chi connectivity index (χ4v) is 10.1. The molecule has 0 bridgehead atoms. The number of hydrogen-bond acceptors (Lipinski definition) is 11. The smallest absolute Gasteiger partial charge is 0.318 e. The van der Waals surface area contributed by atoms with Gasteiger partial charge in [0.2, 0.25) is 5.91 Å². The predicted octanol–water partition coefficient (Wildman–Crippen LogP) is 7.25. The summed E-state index contributed by atoms with van der Waals surface area (Å²) in [5.74, 6) is 1.19. The molecule has 0 saturated carbocycles. The second-order valence-corrected chi connectivity index (χ2v) is 17.8. The Bertz CT molecular complexity index is 2250. The van der Waals surface area contributed by atoms with Gasteiger partial charge in [-0.25, -0.2) is 0 Å². The lowest BCUT2D eigenvalue weighted by atomic mass is 9.71. The van der Waals surface area contributed by atoms with Crippen LogP contribution in [0.5, 0.6) is 17.5 Å². The third kappa shape index (κ3) is 8.71. The SMILES string of the molecule is C=CC(=O)N1CCN(c2nc(OCCN3CCC4(CC3)CCN(Cc3cc(C(C)C)c(O)cc3O)CC4)nc3c2CCN(c2cccc4cccc(Cl)c24)C3)CC1CC#N. The maximum Gasteiger partial charge on any atom is 0.318 e. The van der Waals surface area contributed by atoms with E-state index in [4.69, 9.17) is 26.3 Å². The molecule has 60 heavy (non-hydrogen) atoms. The molecule has 1 atom stereocenters. The average Bonchev–Trinajstić information content (AvgIpc) is 3.25. The minimum atomic E-state index is -0.276. The molecule has 3 aromatic carbocycles. The first-order chi connectivity index (χ1) is 29.0. The van der Waals surface area contributed by atoms with Crippen LogP contribution in [-0.2, 0) is 24.3 Å². The van der Waals surface area contributed by atoms with Crippen LogP contribution in [0.2, 0.25) is 5.02 Å². The number of fused-ring (bicyclic) bond motifs is 2. The van der Waals surface area contributed by atoms with Crippen molar-refractivity contribution in [3.05, 3.63) is 88.6 Å². The number of carbonyl (C=O) groups is 1. The van der Waals surface area contributed by atoms with Crippen LogP contribution in [-0.4, -0.2) is 112 Å². The number of likely N-dealkylation sites (tertiary alicyclic amines) is 2. The third-order valence-corrected chi connectivity index (χ3v) is 13.8. The zero-order chi connectivity index (χ0) is 42.0. The minimum Gasteiger partial charge on any atom is -0.508 e. The number of piperazine rings is 1. The molecule has 316 valence electrons. The lowest BCUT2D eigenvalue weighted by molar-refractivity contribution is -0.128. The Morgan fingerprint density at radius 3 is 2.43 bits per heavy atom. The quantitative estimate of drug-likeness (QED) is 0.148. The van der Waals surface area contributed by atoms with E-state index in [1.807, 2.05) is 18.2 Å². The minimum absolute atomic E-state index is 0.158. The van der Waals surface area contributed by atoms with E-state index in [0.29, 0.717) is 50.8 Å². The zero-order valence-electron chi connectivity index (χ0n) is 35.0. The number of phenolic OH excluding ortho intramolecular Hbond substituents is 2. The van der Waals surface area contributed by atoms with Crippen LogP contribution in [0, 0.1) is 16.7 Å². The fraction of sp³-hybridized carbons (Fsp3) is 0.489. The van der Waals surface area contributed by atoms with Crippen LogP contribution in [0.3, 0.4) is 0 Å². The molecule has 3 fully saturated rings. The molecule has 1 aromatic heterocycles. The summed E-state index contributed by atoms with van der Waals surface area (Å²) in [6.45, 7) is 16.7. The molecule has 12 nitrogen and oxygen atoms in total. The van der Waals surface area contributed by atoms with Crippen LogP contribution in [0.25, 0.3) is 10.8 Å². The monoisotopic (exact) mass is 832 g/mol. The van der Waals surface area contributed by atoms with Gasteiger partial charge in [-0.05, 0) is 105 Å². The molecule has 1 unspecified atom stereocenters. The number of piperidine rings is 2. The van der Waals surface area contributed by atoms with Crippen molar-refractivity contribution in [1.29, 1.82) is 5.26 Å². The summed E-state index contributed by atoms with van der Waals surface area (Å²) in [7, 11) is 0. The number of hydrogen-bond donors (Lipinski definition) is 2. The molecule has 4 aliphatic rings. The molecular formula is C47H57ClN8O4. The van der Waals surface area contributed by atoms with Crippen molar-refractivity contribution in [3.8, 4) is 23.6 Å². The maximum absolute atomic E-state index is 12.7. The van der Waals surface area contributed by atoms with E-state index in [9.17, 15) is 20.3 Å². The Morgan fingerprint density at radius 1 is 0.983 bits per heavy atom. The molecule has 4 aromatic rings. The van der Waals surface area contributed by atoms with Crippen molar-refractivity contribution in [2.75, 3.05) is 75.3 Å². The van der Waals surface area contributed by atoms with Gasteiger partial charge in [0.05, 0.1) is 35.8 Å². The van der Waals surface area contributed by atoms with Crippen molar-refractivity contribution in [2.24, 2.45) is 5.41 Å². The Morgan fingerprint density at radius 2 is 1.72 bits per heavy atom. The number of anilines is 2. The number of nitrogens with zero attached hydrogens (tertiary/aromatic N) is 8. The summed E-state index contributed by atoms with van der Waals surface area (Å²) in [6, 6.07) is 18.1. The van der Waals surface area contributed by atoms with Crippen molar-refractivity contribution >= 4 is 39.8 Å². The number of carbonyl (C=O) groups excluding carboxylic acids is 1. The van der Waals surface area contributed by atoms with Gasteiger partial charge < -0.3 is 29.6 Å². The number of ether oxygens (including phenoxy) is 1. The van der Waals surface area contributed by atoms with Crippen molar-refractivity contribution in [2.45, 2.75) is 77.4 Å². The summed E-state index contributed by atoms with van der Waals surface area (Å²) in [6.07, 6.45) is 6.88. The topological polar surface area (TPSA) is 133 Å². The normalized spacial score (nSPS) is 19.7. The zero-order valence-corrected chi connectivity index (χ0v) is 35.7. The second-order valence-electron chi connectivity index (χ2n) is 17.4. The number of amides is 1. The van der Waals surface area contributed by atoms with Crippen LogP contribution in [0.4, 0.5) is 11.5 Å². The highest BCUT2D eigenvalue weighted by atomic mass is 35.5. The molecule has 2 N–H and O–H groups in total. The number of aromatic nitrogens is 2. The molecule has 4 aliphatic heterocycles. The summed E-state index contributed by atoms with van der Waals surface area (Å²) >= 11 is 6.78. The van der Waals surface area contributed by atoms with Gasteiger partial charge in [0.15, 0.2) is 0 Å². The molecule has 1 spiro atoms. The van der Waals surface area contributed by atoms with Gasteiger partial charge in [-0.2, -0.15) is 15.2 Å². The first-order valence-electron chi connectivity index (χ1n) is 21.5. The van der Waals surface area contributed by atoms with E-state index in [2.05, 4.69) is 70.4 Å². The molecule has 5 heterocycles. The van der Waals surface area contributed by atoms with Crippen LogP contribution < -0.4 is 14.5 Å². The lowest BCUT2D eigenvalue weighted by Crippen LogP contribution is -2.55. The molecule has 13 heteroatoms. The number of aromatic hydroxyl groups is 2.